The molecule has 3 aromatic rings. The van der Waals surface area contributed by atoms with Crippen LogP contribution < -0.4 is 5.11 Å². The lowest BCUT2D eigenvalue weighted by atomic mass is 10.0. The van der Waals surface area contributed by atoms with E-state index in [2.05, 4.69) is 4.90 Å². The molecule has 0 N–H and O–H groups in total. The van der Waals surface area contributed by atoms with Crippen LogP contribution in [0, 0.1) is 0 Å². The molecule has 0 saturated carbocycles. The van der Waals surface area contributed by atoms with E-state index in [1.807, 2.05) is 12.1 Å². The Morgan fingerprint density at radius 3 is 2.47 bits per heavy atom. The minimum Gasteiger partial charge on any atom is -0.530 e. The number of hydrogen-bond donors (Lipinski definition) is 0. The van der Waals surface area contributed by atoms with E-state index in [0.717, 1.165) is 47.3 Å². The van der Waals surface area contributed by atoms with Crippen molar-refractivity contribution in [2.45, 2.75) is 30.8 Å². The molecular weight excluding hydrogens is 402 g/mol. The smallest absolute Gasteiger partial charge is 0.268 e. The molecular formula is C22H24N3O4S-. The first-order valence-electron chi connectivity index (χ1n) is 9.94. The number of aromatic nitrogens is 1. The van der Waals surface area contributed by atoms with Crippen LogP contribution in [0.3, 0.4) is 0 Å². The van der Waals surface area contributed by atoms with Gasteiger partial charge in [-0.25, -0.2) is 12.4 Å². The summed E-state index contributed by atoms with van der Waals surface area (Å²) in [7, 11) is -2.32. The van der Waals surface area contributed by atoms with Crippen molar-refractivity contribution < 1.29 is 18.3 Å². The van der Waals surface area contributed by atoms with Gasteiger partial charge >= 0.3 is 0 Å². The quantitative estimate of drug-likeness (QED) is 0.604. The maximum atomic E-state index is 13.2. The van der Waals surface area contributed by atoms with Crippen LogP contribution in [-0.2, 0) is 23.1 Å². The van der Waals surface area contributed by atoms with Crippen molar-refractivity contribution in [3.8, 4) is 0 Å². The van der Waals surface area contributed by atoms with Gasteiger partial charge < -0.3 is 14.8 Å². The third-order valence-corrected chi connectivity index (χ3v) is 7.25. The average Bonchev–Trinajstić information content (AvgIpc) is 3.38. The number of hydrogen-bond acceptors (Lipinski definition) is 5. The van der Waals surface area contributed by atoms with Crippen LogP contribution in [0.4, 0.5) is 4.79 Å². The van der Waals surface area contributed by atoms with Gasteiger partial charge in [-0.3, -0.25) is 4.90 Å². The van der Waals surface area contributed by atoms with Gasteiger partial charge in [-0.1, -0.05) is 24.3 Å². The summed E-state index contributed by atoms with van der Waals surface area (Å²) in [6.45, 7) is 2.85. The zero-order valence-corrected chi connectivity index (χ0v) is 17.6. The van der Waals surface area contributed by atoms with Crippen molar-refractivity contribution in [3.05, 3.63) is 65.9 Å². The summed E-state index contributed by atoms with van der Waals surface area (Å²) in [6.07, 6.45) is 2.61. The summed E-state index contributed by atoms with van der Waals surface area (Å²) in [6, 6.07) is 13.8. The highest BCUT2D eigenvalue weighted by Crippen LogP contribution is 2.28. The van der Waals surface area contributed by atoms with E-state index in [9.17, 15) is 18.3 Å². The molecule has 1 fully saturated rings. The fraction of sp³-hybridized carbons (Fsp3) is 0.318. The lowest BCUT2D eigenvalue weighted by molar-refractivity contribution is -0.264. The van der Waals surface area contributed by atoms with Crippen LogP contribution in [0.25, 0.3) is 10.9 Å². The van der Waals surface area contributed by atoms with Gasteiger partial charge in [0, 0.05) is 31.7 Å². The molecule has 4 rings (SSSR count). The number of carbonyl (C=O) groups excluding carboxylic acids is 1. The Morgan fingerprint density at radius 2 is 1.80 bits per heavy atom. The molecule has 0 aliphatic carbocycles. The fourth-order valence-corrected chi connectivity index (χ4v) is 5.38. The Morgan fingerprint density at radius 1 is 1.10 bits per heavy atom. The largest absolute Gasteiger partial charge is 0.530 e. The summed E-state index contributed by atoms with van der Waals surface area (Å²) in [5.74, 6) is 0. The molecule has 0 radical (unpaired) electrons. The molecule has 1 saturated heterocycles. The highest BCUT2D eigenvalue weighted by atomic mass is 32.2. The Balaban J connectivity index is 1.83. The van der Waals surface area contributed by atoms with E-state index in [1.165, 1.54) is 11.0 Å². The first-order valence-corrected chi connectivity index (χ1v) is 11.4. The lowest BCUT2D eigenvalue weighted by Crippen LogP contribution is -2.37. The Hall–Kier alpha value is -2.84. The van der Waals surface area contributed by atoms with Gasteiger partial charge in [0.1, 0.15) is 6.09 Å². The second-order valence-electron chi connectivity index (χ2n) is 7.72. The maximum Gasteiger partial charge on any atom is 0.268 e. The Labute approximate surface area is 176 Å². The number of carbonyl (C=O) groups is 1. The van der Waals surface area contributed by atoms with Gasteiger partial charge in [0.25, 0.3) is 10.0 Å². The molecule has 158 valence electrons. The van der Waals surface area contributed by atoms with Crippen molar-refractivity contribution in [3.63, 3.8) is 0 Å². The first kappa shape index (κ1) is 20.4. The van der Waals surface area contributed by atoms with E-state index >= 15 is 0 Å². The zero-order valence-electron chi connectivity index (χ0n) is 16.8. The molecule has 1 aromatic heterocycles. The number of amides is 1. The molecule has 0 unspecified atom stereocenters. The van der Waals surface area contributed by atoms with Crippen LogP contribution in [0.2, 0.25) is 0 Å². The molecule has 30 heavy (non-hydrogen) atoms. The molecule has 0 spiro atoms. The normalized spacial score (nSPS) is 15.0. The van der Waals surface area contributed by atoms with E-state index in [-0.39, 0.29) is 11.4 Å². The third kappa shape index (κ3) is 3.93. The van der Waals surface area contributed by atoms with E-state index in [1.54, 1.807) is 42.6 Å². The summed E-state index contributed by atoms with van der Waals surface area (Å²) in [5.41, 5.74) is 2.28. The topological polar surface area (TPSA) is 85.7 Å². The Bertz CT molecular complexity index is 1170. The number of nitrogens with zero attached hydrogens (tertiary/aromatic N) is 3. The number of carboxylic acid groups (broad SMARTS) is 1. The molecule has 2 heterocycles. The van der Waals surface area contributed by atoms with Crippen molar-refractivity contribution in [1.29, 1.82) is 0 Å². The molecule has 8 heteroatoms. The predicted molar refractivity (Wildman–Crippen MR) is 112 cm³/mol. The standard InChI is InChI=1S/C22H25N3O4S/c1-23(22(26)27)15-17-13-18(16-24-10-5-6-11-24)20-9-12-25(21(20)14-17)30(28,29)19-7-3-2-4-8-19/h2-4,7-9,12-14H,5-6,10-11,15-16H2,1H3,(H,26,27)/p-1. The lowest BCUT2D eigenvalue weighted by Gasteiger charge is -2.21. The molecule has 2 aromatic carbocycles. The van der Waals surface area contributed by atoms with Gasteiger partial charge in [-0.2, -0.15) is 0 Å². The van der Waals surface area contributed by atoms with Crippen molar-refractivity contribution in [2.75, 3.05) is 20.1 Å². The third-order valence-electron chi connectivity index (χ3n) is 5.54. The van der Waals surface area contributed by atoms with Crippen LogP contribution in [0.15, 0.2) is 59.6 Å². The highest BCUT2D eigenvalue weighted by molar-refractivity contribution is 7.90. The van der Waals surface area contributed by atoms with Crippen molar-refractivity contribution >= 4 is 27.0 Å². The monoisotopic (exact) mass is 426 g/mol. The van der Waals surface area contributed by atoms with Crippen LogP contribution >= 0.6 is 0 Å². The van der Waals surface area contributed by atoms with Gasteiger partial charge in [0.2, 0.25) is 0 Å². The molecule has 1 aliphatic heterocycles. The van der Waals surface area contributed by atoms with E-state index in [4.69, 9.17) is 0 Å². The second-order valence-corrected chi connectivity index (χ2v) is 9.54. The molecule has 0 bridgehead atoms. The summed E-state index contributed by atoms with van der Waals surface area (Å²) in [5, 5.41) is 12.1. The predicted octanol–water partition coefficient (Wildman–Crippen LogP) is 2.25. The molecule has 7 nitrogen and oxygen atoms in total. The van der Waals surface area contributed by atoms with E-state index < -0.39 is 16.1 Å². The number of rotatable bonds is 6. The summed E-state index contributed by atoms with van der Waals surface area (Å²) >= 11 is 0. The second kappa shape index (κ2) is 8.12. The maximum absolute atomic E-state index is 13.2. The van der Waals surface area contributed by atoms with Gasteiger partial charge in [0.05, 0.1) is 10.4 Å². The van der Waals surface area contributed by atoms with Gasteiger partial charge in [0.15, 0.2) is 0 Å². The molecule has 0 atom stereocenters. The fourth-order valence-electron chi connectivity index (χ4n) is 4.02. The number of benzene rings is 2. The van der Waals surface area contributed by atoms with Crippen molar-refractivity contribution in [2.24, 2.45) is 0 Å². The highest BCUT2D eigenvalue weighted by Gasteiger charge is 2.21. The Kier molecular flexibility index (Phi) is 5.53. The summed E-state index contributed by atoms with van der Waals surface area (Å²) in [4.78, 5) is 14.8. The number of likely N-dealkylation sites (tertiary alicyclic amines) is 1. The van der Waals surface area contributed by atoms with Crippen molar-refractivity contribution in [1.82, 2.24) is 13.8 Å². The molecule has 1 amide bonds. The van der Waals surface area contributed by atoms with Gasteiger partial charge in [-0.05, 0) is 61.3 Å². The minimum atomic E-state index is -3.77. The van der Waals surface area contributed by atoms with Crippen LogP contribution in [-0.4, -0.2) is 48.4 Å². The SMILES string of the molecule is CN(Cc1cc(CN2CCCC2)c2ccn(S(=O)(=O)c3ccccc3)c2c1)C(=O)[O-]. The van der Waals surface area contributed by atoms with Crippen LogP contribution in [0.1, 0.15) is 24.0 Å². The first-order chi connectivity index (χ1) is 14.4. The van der Waals surface area contributed by atoms with Gasteiger partial charge in [-0.15, -0.1) is 0 Å². The summed E-state index contributed by atoms with van der Waals surface area (Å²) < 4.78 is 27.8. The molecule has 1 aliphatic rings. The minimum absolute atomic E-state index is 0.127. The zero-order chi connectivity index (χ0) is 21.3. The number of fused-ring (bicyclic) bond motifs is 1. The average molecular weight is 427 g/mol. The van der Waals surface area contributed by atoms with E-state index in [0.29, 0.717) is 12.1 Å². The van der Waals surface area contributed by atoms with Crippen LogP contribution in [0.5, 0.6) is 0 Å².